The van der Waals surface area contributed by atoms with E-state index in [4.69, 9.17) is 23.7 Å². The lowest BCUT2D eigenvalue weighted by atomic mass is 9.90. The van der Waals surface area contributed by atoms with E-state index in [0.717, 1.165) is 21.0 Å². The summed E-state index contributed by atoms with van der Waals surface area (Å²) in [4.78, 5) is 46.2. The van der Waals surface area contributed by atoms with Gasteiger partial charge >= 0.3 is 23.6 Å². The van der Waals surface area contributed by atoms with Gasteiger partial charge in [0.15, 0.2) is 12.2 Å². The minimum Gasteiger partial charge on any atom is -0.467 e. The number of ether oxygens (including phenoxy) is 5. The third-order valence-electron chi connectivity index (χ3n) is 4.27. The molecule has 0 aromatic heterocycles. The highest BCUT2D eigenvalue weighted by Gasteiger charge is 2.52. The predicted molar refractivity (Wildman–Crippen MR) is 102 cm³/mol. The van der Waals surface area contributed by atoms with Gasteiger partial charge in [0.25, 0.3) is 0 Å². The van der Waals surface area contributed by atoms with Gasteiger partial charge in [-0.3, -0.25) is 19.7 Å². The largest absolute Gasteiger partial charge is 0.467 e. The average Bonchev–Trinajstić information content (AvgIpc) is 2.66. The van der Waals surface area contributed by atoms with Crippen LogP contribution in [0, 0.1) is 16.0 Å². The molecule has 0 aliphatic carbocycles. The summed E-state index contributed by atoms with van der Waals surface area (Å²) in [5.41, 5.74) is -0.396. The molecule has 1 aliphatic rings. The van der Waals surface area contributed by atoms with E-state index in [9.17, 15) is 24.5 Å². The highest BCUT2D eigenvalue weighted by molar-refractivity contribution is 9.10. The van der Waals surface area contributed by atoms with Gasteiger partial charge in [-0.15, -0.1) is 0 Å². The third-order valence-corrected chi connectivity index (χ3v) is 4.76. The molecule has 1 fully saturated rings. The van der Waals surface area contributed by atoms with Crippen LogP contribution < -0.4 is 4.74 Å². The predicted octanol–water partition coefficient (Wildman–Crippen LogP) is 2.13. The molecule has 1 aliphatic heterocycles. The Bertz CT molecular complexity index is 844. The van der Waals surface area contributed by atoms with E-state index in [1.807, 2.05) is 0 Å². The van der Waals surface area contributed by atoms with E-state index >= 15 is 0 Å². The lowest BCUT2D eigenvalue weighted by molar-refractivity contribution is -0.387. The van der Waals surface area contributed by atoms with E-state index in [-0.39, 0.29) is 5.75 Å². The molecule has 0 amide bonds. The lowest BCUT2D eigenvalue weighted by Gasteiger charge is -2.42. The van der Waals surface area contributed by atoms with E-state index < -0.39 is 59.0 Å². The fourth-order valence-electron chi connectivity index (χ4n) is 2.99. The molecule has 1 aromatic rings. The summed E-state index contributed by atoms with van der Waals surface area (Å²) in [6, 6.07) is 4.02. The molecule has 0 unspecified atom stereocenters. The number of nitro groups is 1. The molecule has 12 heteroatoms. The van der Waals surface area contributed by atoms with Crippen LogP contribution in [-0.4, -0.2) is 54.5 Å². The number of carbonyl (C=O) groups is 3. The van der Waals surface area contributed by atoms with Crippen molar-refractivity contribution in [1.29, 1.82) is 0 Å². The maximum absolute atomic E-state index is 12.2. The van der Waals surface area contributed by atoms with E-state index in [1.165, 1.54) is 18.2 Å². The Morgan fingerprint density at radius 2 is 1.73 bits per heavy atom. The second-order valence-electron chi connectivity index (χ2n) is 6.44. The standard InChI is InChI=1S/C18H20BrNO10/c1-8-14(27-9(2)21)16(28-10(3)22)18(30-15(8)17(23)26-4)29-13-6-5-11(19)7-12(13)20(24)25/h5-8,14-16,18H,1-4H3/t8-,14-,15-,16+,18+/m0/s1. The first kappa shape index (κ1) is 23.5. The lowest BCUT2D eigenvalue weighted by Crippen LogP contribution is -2.60. The highest BCUT2D eigenvalue weighted by Crippen LogP contribution is 2.36. The fourth-order valence-corrected chi connectivity index (χ4v) is 3.34. The average molecular weight is 490 g/mol. The zero-order chi connectivity index (χ0) is 22.6. The quantitative estimate of drug-likeness (QED) is 0.252. The van der Waals surface area contributed by atoms with Gasteiger partial charge in [-0.05, 0) is 12.1 Å². The van der Waals surface area contributed by atoms with Crippen molar-refractivity contribution in [3.05, 3.63) is 32.8 Å². The van der Waals surface area contributed by atoms with Gasteiger partial charge in [-0.2, -0.15) is 0 Å². The molecular weight excluding hydrogens is 470 g/mol. The van der Waals surface area contributed by atoms with Crippen LogP contribution >= 0.6 is 15.9 Å². The SMILES string of the molecule is COC(=O)[C@H]1O[C@@H](Oc2ccc(Br)cc2[N+](=O)[O-])[C@H](OC(C)=O)[C@@H](OC(C)=O)[C@@H]1C. The number of methoxy groups -OCH3 is 1. The van der Waals surface area contributed by atoms with Gasteiger partial charge in [0.05, 0.1) is 12.0 Å². The monoisotopic (exact) mass is 489 g/mol. The number of hydrogen-bond acceptors (Lipinski definition) is 10. The Morgan fingerprint density at radius 1 is 1.13 bits per heavy atom. The number of carbonyl (C=O) groups excluding carboxylic acids is 3. The fraction of sp³-hybridized carbons (Fsp3) is 0.500. The first-order valence-electron chi connectivity index (χ1n) is 8.73. The first-order chi connectivity index (χ1) is 14.0. The topological polar surface area (TPSA) is 141 Å². The van der Waals surface area contributed by atoms with Crippen molar-refractivity contribution in [3.8, 4) is 5.75 Å². The van der Waals surface area contributed by atoms with Crippen molar-refractivity contribution >= 4 is 39.5 Å². The summed E-state index contributed by atoms with van der Waals surface area (Å²) < 4.78 is 27.0. The zero-order valence-corrected chi connectivity index (χ0v) is 18.1. The number of nitrogens with zero attached hydrogens (tertiary/aromatic N) is 1. The Kier molecular flexibility index (Phi) is 7.73. The maximum Gasteiger partial charge on any atom is 0.335 e. The summed E-state index contributed by atoms with van der Waals surface area (Å²) >= 11 is 3.14. The van der Waals surface area contributed by atoms with Crippen molar-refractivity contribution in [3.63, 3.8) is 0 Å². The van der Waals surface area contributed by atoms with Crippen molar-refractivity contribution in [2.24, 2.45) is 5.92 Å². The molecule has 30 heavy (non-hydrogen) atoms. The Labute approximate surface area is 179 Å². The smallest absolute Gasteiger partial charge is 0.335 e. The number of benzene rings is 1. The third kappa shape index (κ3) is 5.45. The van der Waals surface area contributed by atoms with Crippen LogP contribution in [0.15, 0.2) is 22.7 Å². The molecule has 0 spiro atoms. The van der Waals surface area contributed by atoms with Gasteiger partial charge in [-0.25, -0.2) is 4.79 Å². The maximum atomic E-state index is 12.2. The van der Waals surface area contributed by atoms with Crippen molar-refractivity contribution in [2.75, 3.05) is 7.11 Å². The molecule has 5 atom stereocenters. The van der Waals surface area contributed by atoms with Crippen LogP contribution in [0.5, 0.6) is 5.75 Å². The Hall–Kier alpha value is -2.73. The minimum absolute atomic E-state index is 0.204. The summed E-state index contributed by atoms with van der Waals surface area (Å²) in [6.07, 6.45) is -5.18. The number of nitro benzene ring substituents is 1. The number of rotatable bonds is 6. The van der Waals surface area contributed by atoms with Gasteiger partial charge in [-0.1, -0.05) is 22.9 Å². The van der Waals surface area contributed by atoms with E-state index in [2.05, 4.69) is 15.9 Å². The summed E-state index contributed by atoms with van der Waals surface area (Å²) in [5, 5.41) is 11.4. The van der Waals surface area contributed by atoms with Crippen molar-refractivity contribution in [2.45, 2.75) is 45.4 Å². The normalized spacial score (nSPS) is 25.7. The highest BCUT2D eigenvalue weighted by atomic mass is 79.9. The Morgan fingerprint density at radius 3 is 2.27 bits per heavy atom. The molecule has 0 saturated carbocycles. The Balaban J connectivity index is 2.49. The summed E-state index contributed by atoms with van der Waals surface area (Å²) in [7, 11) is 1.15. The zero-order valence-electron chi connectivity index (χ0n) is 16.5. The molecule has 1 aromatic carbocycles. The van der Waals surface area contributed by atoms with Crippen molar-refractivity contribution in [1.82, 2.24) is 0 Å². The molecule has 0 N–H and O–H groups in total. The molecule has 0 radical (unpaired) electrons. The number of esters is 3. The van der Waals surface area contributed by atoms with Gasteiger partial charge in [0.2, 0.25) is 18.1 Å². The summed E-state index contributed by atoms with van der Waals surface area (Å²) in [6.45, 7) is 3.82. The van der Waals surface area contributed by atoms with Crippen LogP contribution in [0.1, 0.15) is 20.8 Å². The van der Waals surface area contributed by atoms with E-state index in [1.54, 1.807) is 6.92 Å². The first-order valence-corrected chi connectivity index (χ1v) is 9.52. The molecule has 164 valence electrons. The second kappa shape index (κ2) is 9.85. The molecule has 0 bridgehead atoms. The van der Waals surface area contributed by atoms with Crippen LogP contribution in [0.2, 0.25) is 0 Å². The minimum atomic E-state index is -1.50. The molecule has 11 nitrogen and oxygen atoms in total. The summed E-state index contributed by atoms with van der Waals surface area (Å²) in [5.74, 6) is -3.18. The molecular formula is C18H20BrNO10. The van der Waals surface area contributed by atoms with Crippen LogP contribution in [0.25, 0.3) is 0 Å². The van der Waals surface area contributed by atoms with Gasteiger partial charge < -0.3 is 23.7 Å². The van der Waals surface area contributed by atoms with Crippen LogP contribution in [0.4, 0.5) is 5.69 Å². The molecule has 2 rings (SSSR count). The second-order valence-corrected chi connectivity index (χ2v) is 7.36. The van der Waals surface area contributed by atoms with Crippen LogP contribution in [0.3, 0.4) is 0 Å². The molecule has 1 heterocycles. The van der Waals surface area contributed by atoms with E-state index in [0.29, 0.717) is 4.47 Å². The van der Waals surface area contributed by atoms with Crippen LogP contribution in [-0.2, 0) is 33.3 Å². The number of hydrogen-bond donors (Lipinski definition) is 0. The van der Waals surface area contributed by atoms with Gasteiger partial charge in [0, 0.05) is 30.3 Å². The number of halogens is 1. The van der Waals surface area contributed by atoms with Gasteiger partial charge in [0.1, 0.15) is 0 Å². The van der Waals surface area contributed by atoms with Crippen molar-refractivity contribution < 1.29 is 43.0 Å². The molecule has 1 saturated heterocycles.